The molecular weight excluding hydrogens is 248 g/mol. The molecule has 0 aliphatic heterocycles. The summed E-state index contributed by atoms with van der Waals surface area (Å²) in [6, 6.07) is 8.25. The minimum absolute atomic E-state index is 0.739. The lowest BCUT2D eigenvalue weighted by molar-refractivity contribution is 0.779. The monoisotopic (exact) mass is 270 g/mol. The molecule has 1 aliphatic rings. The van der Waals surface area contributed by atoms with E-state index in [-0.39, 0.29) is 0 Å². The fourth-order valence-corrected chi connectivity index (χ4v) is 2.44. The Hall–Kier alpha value is -1.84. The first-order chi connectivity index (χ1) is 9.78. The van der Waals surface area contributed by atoms with Crippen LogP contribution in [0.25, 0.3) is 10.9 Å². The number of aromatic nitrogens is 2. The highest BCUT2D eigenvalue weighted by atomic mass is 15.2. The van der Waals surface area contributed by atoms with Crippen molar-refractivity contribution >= 4 is 22.7 Å². The summed E-state index contributed by atoms with van der Waals surface area (Å²) in [5.41, 5.74) is 1.01. The number of nitrogens with zero attached hydrogens (tertiary/aromatic N) is 3. The van der Waals surface area contributed by atoms with Crippen LogP contribution in [-0.2, 0) is 0 Å². The van der Waals surface area contributed by atoms with Crippen molar-refractivity contribution in [1.82, 2.24) is 9.97 Å². The Morgan fingerprint density at radius 2 is 2.05 bits per heavy atom. The van der Waals surface area contributed by atoms with Gasteiger partial charge in [-0.3, -0.25) is 0 Å². The molecule has 1 N–H and O–H groups in total. The summed E-state index contributed by atoms with van der Waals surface area (Å²) in [5.74, 6) is 2.63. The van der Waals surface area contributed by atoms with E-state index in [0.29, 0.717) is 0 Å². The van der Waals surface area contributed by atoms with Gasteiger partial charge in [-0.2, -0.15) is 4.98 Å². The maximum atomic E-state index is 4.72. The lowest BCUT2D eigenvalue weighted by Gasteiger charge is -2.20. The van der Waals surface area contributed by atoms with Gasteiger partial charge in [-0.1, -0.05) is 19.1 Å². The Morgan fingerprint density at radius 1 is 1.25 bits per heavy atom. The highest BCUT2D eigenvalue weighted by Crippen LogP contribution is 2.32. The van der Waals surface area contributed by atoms with E-state index in [1.54, 1.807) is 0 Å². The van der Waals surface area contributed by atoms with E-state index in [1.807, 2.05) is 6.07 Å². The molecule has 0 saturated heterocycles. The van der Waals surface area contributed by atoms with Crippen LogP contribution in [0.4, 0.5) is 11.8 Å². The Kier molecular flexibility index (Phi) is 3.72. The van der Waals surface area contributed by atoms with Crippen LogP contribution in [0, 0.1) is 5.92 Å². The first kappa shape index (κ1) is 13.2. The highest BCUT2D eigenvalue weighted by molar-refractivity contribution is 5.90. The zero-order valence-electron chi connectivity index (χ0n) is 12.3. The average Bonchev–Trinajstić information content (AvgIpc) is 3.28. The van der Waals surface area contributed by atoms with Crippen molar-refractivity contribution in [3.63, 3.8) is 0 Å². The lowest BCUT2D eigenvalue weighted by atomic mass is 10.2. The molecule has 0 radical (unpaired) electrons. The van der Waals surface area contributed by atoms with E-state index in [4.69, 9.17) is 4.98 Å². The number of anilines is 2. The van der Waals surface area contributed by atoms with Gasteiger partial charge in [-0.25, -0.2) is 4.98 Å². The van der Waals surface area contributed by atoms with Crippen molar-refractivity contribution in [3.05, 3.63) is 24.3 Å². The van der Waals surface area contributed by atoms with E-state index in [9.17, 15) is 0 Å². The molecule has 4 heteroatoms. The minimum Gasteiger partial charge on any atom is -0.359 e. The number of hydrogen-bond acceptors (Lipinski definition) is 4. The molecule has 3 rings (SSSR count). The predicted octanol–water partition coefficient (Wildman–Crippen LogP) is 3.30. The van der Waals surface area contributed by atoms with Crippen molar-refractivity contribution in [2.24, 2.45) is 5.92 Å². The number of fused-ring (bicyclic) bond motifs is 1. The molecule has 0 bridgehead atoms. The quantitative estimate of drug-likeness (QED) is 0.874. The van der Waals surface area contributed by atoms with Gasteiger partial charge in [0.2, 0.25) is 5.95 Å². The number of para-hydroxylation sites is 1. The van der Waals surface area contributed by atoms with Crippen molar-refractivity contribution in [3.8, 4) is 0 Å². The second-order valence-corrected chi connectivity index (χ2v) is 5.64. The van der Waals surface area contributed by atoms with Gasteiger partial charge in [-0.15, -0.1) is 0 Å². The molecule has 0 amide bonds. The zero-order valence-corrected chi connectivity index (χ0v) is 12.3. The van der Waals surface area contributed by atoms with Crippen molar-refractivity contribution in [1.29, 1.82) is 0 Å². The van der Waals surface area contributed by atoms with E-state index in [1.165, 1.54) is 12.8 Å². The summed E-state index contributed by atoms with van der Waals surface area (Å²) in [5, 5.41) is 4.44. The molecule has 1 saturated carbocycles. The standard InChI is InChI=1S/C16H22N4/c1-3-10-17-16-18-14-7-5-4-6-13(14)15(19-16)20(2)11-12-8-9-12/h4-7,12H,3,8-11H2,1-2H3,(H,17,18,19). The maximum absolute atomic E-state index is 4.72. The first-order valence-corrected chi connectivity index (χ1v) is 7.49. The van der Waals surface area contributed by atoms with Gasteiger partial charge in [0.15, 0.2) is 0 Å². The predicted molar refractivity (Wildman–Crippen MR) is 84.3 cm³/mol. The first-order valence-electron chi connectivity index (χ1n) is 7.49. The van der Waals surface area contributed by atoms with Crippen molar-refractivity contribution in [2.75, 3.05) is 30.4 Å². The second-order valence-electron chi connectivity index (χ2n) is 5.64. The summed E-state index contributed by atoms with van der Waals surface area (Å²) >= 11 is 0. The van der Waals surface area contributed by atoms with Gasteiger partial charge < -0.3 is 10.2 Å². The smallest absolute Gasteiger partial charge is 0.225 e. The Labute approximate surface area is 120 Å². The third-order valence-corrected chi connectivity index (χ3v) is 3.71. The Balaban J connectivity index is 1.97. The largest absolute Gasteiger partial charge is 0.359 e. The van der Waals surface area contributed by atoms with Crippen LogP contribution in [0.1, 0.15) is 26.2 Å². The van der Waals surface area contributed by atoms with Gasteiger partial charge in [0.05, 0.1) is 5.52 Å². The molecule has 1 heterocycles. The normalized spacial score (nSPS) is 14.5. The molecule has 1 aromatic carbocycles. The molecule has 1 aliphatic carbocycles. The van der Waals surface area contributed by atoms with Crippen LogP contribution in [0.2, 0.25) is 0 Å². The molecular formula is C16H22N4. The number of nitrogens with one attached hydrogen (secondary N) is 1. The number of benzene rings is 1. The fourth-order valence-electron chi connectivity index (χ4n) is 2.44. The van der Waals surface area contributed by atoms with Crippen LogP contribution < -0.4 is 10.2 Å². The summed E-state index contributed by atoms with van der Waals surface area (Å²) in [6.45, 7) is 4.15. The summed E-state index contributed by atoms with van der Waals surface area (Å²) in [7, 11) is 2.14. The van der Waals surface area contributed by atoms with E-state index >= 15 is 0 Å². The van der Waals surface area contributed by atoms with Crippen LogP contribution in [0.15, 0.2) is 24.3 Å². The lowest BCUT2D eigenvalue weighted by Crippen LogP contribution is -2.22. The van der Waals surface area contributed by atoms with Crippen LogP contribution >= 0.6 is 0 Å². The third kappa shape index (κ3) is 2.84. The van der Waals surface area contributed by atoms with Crippen LogP contribution in [0.3, 0.4) is 0 Å². The van der Waals surface area contributed by atoms with Crippen LogP contribution in [0.5, 0.6) is 0 Å². The van der Waals surface area contributed by atoms with E-state index in [2.05, 4.69) is 47.4 Å². The Morgan fingerprint density at radius 3 is 2.80 bits per heavy atom. The molecule has 4 nitrogen and oxygen atoms in total. The average molecular weight is 270 g/mol. The topological polar surface area (TPSA) is 41.1 Å². The van der Waals surface area contributed by atoms with Gasteiger partial charge in [-0.05, 0) is 37.3 Å². The van der Waals surface area contributed by atoms with Gasteiger partial charge in [0.1, 0.15) is 5.82 Å². The molecule has 20 heavy (non-hydrogen) atoms. The molecule has 1 aromatic heterocycles. The molecule has 0 spiro atoms. The summed E-state index contributed by atoms with van der Waals surface area (Å²) in [4.78, 5) is 11.6. The van der Waals surface area contributed by atoms with E-state index in [0.717, 1.165) is 48.1 Å². The van der Waals surface area contributed by atoms with Crippen molar-refractivity contribution in [2.45, 2.75) is 26.2 Å². The summed E-state index contributed by atoms with van der Waals surface area (Å²) < 4.78 is 0. The van der Waals surface area contributed by atoms with Crippen LogP contribution in [-0.4, -0.2) is 30.1 Å². The number of hydrogen-bond donors (Lipinski definition) is 1. The fraction of sp³-hybridized carbons (Fsp3) is 0.500. The zero-order chi connectivity index (χ0) is 13.9. The molecule has 0 unspecified atom stereocenters. The molecule has 1 fully saturated rings. The third-order valence-electron chi connectivity index (χ3n) is 3.71. The summed E-state index contributed by atoms with van der Waals surface area (Å²) in [6.07, 6.45) is 3.78. The van der Waals surface area contributed by atoms with Crippen molar-refractivity contribution < 1.29 is 0 Å². The maximum Gasteiger partial charge on any atom is 0.225 e. The minimum atomic E-state index is 0.739. The molecule has 0 atom stereocenters. The molecule has 106 valence electrons. The van der Waals surface area contributed by atoms with Gasteiger partial charge in [0.25, 0.3) is 0 Å². The Bertz CT molecular complexity index is 592. The molecule has 2 aromatic rings. The van der Waals surface area contributed by atoms with Gasteiger partial charge >= 0.3 is 0 Å². The van der Waals surface area contributed by atoms with Gasteiger partial charge in [0, 0.05) is 25.5 Å². The SMILES string of the molecule is CCCNc1nc(N(C)CC2CC2)c2ccccc2n1. The number of rotatable bonds is 6. The highest BCUT2D eigenvalue weighted by Gasteiger charge is 2.24. The second kappa shape index (κ2) is 5.65. The van der Waals surface area contributed by atoms with E-state index < -0.39 is 0 Å².